The molecule has 0 saturated carbocycles. The van der Waals surface area contributed by atoms with Gasteiger partial charge >= 0.3 is 0 Å². The van der Waals surface area contributed by atoms with Crippen LogP contribution in [0.25, 0.3) is 11.0 Å². The third-order valence-corrected chi connectivity index (χ3v) is 4.25. The maximum atomic E-state index is 12.5. The summed E-state index contributed by atoms with van der Waals surface area (Å²) in [4.78, 5) is 14.3. The summed E-state index contributed by atoms with van der Waals surface area (Å²) in [5.74, 6) is 1.99. The number of hydrogen-bond donors (Lipinski definition) is 1. The molecule has 1 amide bonds. The lowest BCUT2D eigenvalue weighted by atomic mass is 10.1. The predicted octanol–water partition coefficient (Wildman–Crippen LogP) is 2.17. The highest BCUT2D eigenvalue weighted by atomic mass is 32.2. The number of thioether (sulfide) groups is 1. The highest BCUT2D eigenvalue weighted by Crippen LogP contribution is 2.17. The Bertz CT molecular complexity index is 569. The van der Waals surface area contributed by atoms with Crippen molar-refractivity contribution >= 4 is 28.7 Å². The van der Waals surface area contributed by atoms with Crippen LogP contribution in [0.4, 0.5) is 0 Å². The van der Waals surface area contributed by atoms with Crippen LogP contribution in [-0.2, 0) is 0 Å². The normalized spacial score (nSPS) is 12.6. The van der Waals surface area contributed by atoms with E-state index in [1.165, 1.54) is 0 Å². The van der Waals surface area contributed by atoms with Gasteiger partial charge in [-0.25, -0.2) is 0 Å². The molecule has 0 radical (unpaired) electrons. The molecule has 1 aromatic heterocycles. The number of hydrogen-bond acceptors (Lipinski definition) is 4. The minimum atomic E-state index is -0.0105. The first-order valence-electron chi connectivity index (χ1n) is 6.29. The molecule has 1 N–H and O–H groups in total. The quantitative estimate of drug-likeness (QED) is 0.910. The van der Waals surface area contributed by atoms with E-state index < -0.39 is 0 Å². The molecule has 0 fully saturated rings. The van der Waals surface area contributed by atoms with E-state index in [4.69, 9.17) is 0 Å². The van der Waals surface area contributed by atoms with Gasteiger partial charge in [0.25, 0.3) is 5.91 Å². The van der Waals surface area contributed by atoms with E-state index >= 15 is 0 Å². The van der Waals surface area contributed by atoms with Crippen LogP contribution < -0.4 is 0 Å². The molecule has 0 aliphatic carbocycles. The number of amides is 1. The number of carbonyl (C=O) groups excluding carboxylic acids is 1. The fourth-order valence-corrected chi connectivity index (χ4v) is 2.63. The van der Waals surface area contributed by atoms with E-state index in [2.05, 4.69) is 29.3 Å². The summed E-state index contributed by atoms with van der Waals surface area (Å²) in [6.07, 6.45) is 0. The number of nitrogens with one attached hydrogen (secondary N) is 1. The van der Waals surface area contributed by atoms with Gasteiger partial charge in [-0.05, 0) is 24.8 Å². The first kappa shape index (κ1) is 13.9. The number of H-pyrrole nitrogens is 1. The Hall–Kier alpha value is -1.56. The zero-order valence-electron chi connectivity index (χ0n) is 11.4. The highest BCUT2D eigenvalue weighted by Gasteiger charge is 2.20. The van der Waals surface area contributed by atoms with Crippen molar-refractivity contribution in [1.29, 1.82) is 0 Å². The SMILES string of the molecule is CCSCC(C)N(C)C(=O)c1cccc2n[nH]nc12. The van der Waals surface area contributed by atoms with Crippen molar-refractivity contribution in [2.24, 2.45) is 0 Å². The summed E-state index contributed by atoms with van der Waals surface area (Å²) < 4.78 is 0. The van der Waals surface area contributed by atoms with E-state index in [0.717, 1.165) is 17.0 Å². The molecule has 0 saturated heterocycles. The summed E-state index contributed by atoms with van der Waals surface area (Å²) in [5.41, 5.74) is 1.95. The summed E-state index contributed by atoms with van der Waals surface area (Å²) >= 11 is 1.83. The lowest BCUT2D eigenvalue weighted by molar-refractivity contribution is 0.0759. The van der Waals surface area contributed by atoms with E-state index in [0.29, 0.717) is 11.1 Å². The van der Waals surface area contributed by atoms with Gasteiger partial charge in [-0.15, -0.1) is 0 Å². The molecular weight excluding hydrogens is 260 g/mol. The standard InChI is InChI=1S/C13H18N4OS/c1-4-19-8-9(2)17(3)13(18)10-6-5-7-11-12(10)15-16-14-11/h5-7,9H,4,8H2,1-3H3,(H,14,15,16). The van der Waals surface area contributed by atoms with Crippen molar-refractivity contribution < 1.29 is 4.79 Å². The minimum absolute atomic E-state index is 0.0105. The number of aromatic amines is 1. The van der Waals surface area contributed by atoms with Crippen LogP contribution in [0.15, 0.2) is 18.2 Å². The predicted molar refractivity (Wildman–Crippen MR) is 78.4 cm³/mol. The van der Waals surface area contributed by atoms with Crippen molar-refractivity contribution in [3.8, 4) is 0 Å². The van der Waals surface area contributed by atoms with Gasteiger partial charge in [0.15, 0.2) is 0 Å². The fraction of sp³-hybridized carbons (Fsp3) is 0.462. The minimum Gasteiger partial charge on any atom is -0.338 e. The fourth-order valence-electron chi connectivity index (χ4n) is 1.83. The number of benzene rings is 1. The molecule has 2 aromatic rings. The van der Waals surface area contributed by atoms with Gasteiger partial charge in [-0.2, -0.15) is 27.2 Å². The molecule has 5 nitrogen and oxygen atoms in total. The molecule has 19 heavy (non-hydrogen) atoms. The number of fused-ring (bicyclic) bond motifs is 1. The number of nitrogens with zero attached hydrogens (tertiary/aromatic N) is 3. The van der Waals surface area contributed by atoms with E-state index in [1.54, 1.807) is 11.0 Å². The Balaban J connectivity index is 2.21. The average Bonchev–Trinajstić information content (AvgIpc) is 2.91. The molecule has 0 bridgehead atoms. The maximum Gasteiger partial charge on any atom is 0.256 e. The molecule has 1 heterocycles. The second-order valence-corrected chi connectivity index (χ2v) is 5.74. The number of para-hydroxylation sites is 1. The third-order valence-electron chi connectivity index (χ3n) is 3.12. The van der Waals surface area contributed by atoms with E-state index in [-0.39, 0.29) is 11.9 Å². The van der Waals surface area contributed by atoms with Crippen LogP contribution in [0.2, 0.25) is 0 Å². The van der Waals surface area contributed by atoms with Crippen LogP contribution in [0, 0.1) is 0 Å². The van der Waals surface area contributed by atoms with Crippen LogP contribution >= 0.6 is 11.8 Å². The molecule has 102 valence electrons. The molecular formula is C13H18N4OS. The molecule has 2 rings (SSSR count). The van der Waals surface area contributed by atoms with Crippen LogP contribution in [0.1, 0.15) is 24.2 Å². The summed E-state index contributed by atoms with van der Waals surface area (Å²) in [5, 5.41) is 10.6. The lowest BCUT2D eigenvalue weighted by Crippen LogP contribution is -2.36. The molecule has 0 aliphatic heterocycles. The summed E-state index contributed by atoms with van der Waals surface area (Å²) in [7, 11) is 1.84. The largest absolute Gasteiger partial charge is 0.338 e. The van der Waals surface area contributed by atoms with Gasteiger partial charge in [0.2, 0.25) is 0 Å². The van der Waals surface area contributed by atoms with Crippen molar-refractivity contribution in [3.63, 3.8) is 0 Å². The Kier molecular flexibility index (Phi) is 4.42. The maximum absolute atomic E-state index is 12.5. The first-order chi connectivity index (χ1) is 9.15. The van der Waals surface area contributed by atoms with Crippen molar-refractivity contribution in [2.45, 2.75) is 19.9 Å². The zero-order valence-corrected chi connectivity index (χ0v) is 12.2. The monoisotopic (exact) mass is 278 g/mol. The Morgan fingerprint density at radius 2 is 2.26 bits per heavy atom. The number of aromatic nitrogens is 3. The second-order valence-electron chi connectivity index (χ2n) is 4.42. The summed E-state index contributed by atoms with van der Waals surface area (Å²) in [6, 6.07) is 5.66. The average molecular weight is 278 g/mol. The number of carbonyl (C=O) groups is 1. The molecule has 1 atom stereocenters. The molecule has 1 aromatic carbocycles. The van der Waals surface area contributed by atoms with E-state index in [9.17, 15) is 4.79 Å². The Morgan fingerprint density at radius 3 is 3.00 bits per heavy atom. The molecule has 1 unspecified atom stereocenters. The van der Waals surface area contributed by atoms with Crippen LogP contribution in [-0.4, -0.2) is 50.8 Å². The van der Waals surface area contributed by atoms with Gasteiger partial charge in [-0.3, -0.25) is 4.79 Å². The first-order valence-corrected chi connectivity index (χ1v) is 7.45. The van der Waals surface area contributed by atoms with E-state index in [1.807, 2.05) is 30.9 Å². The topological polar surface area (TPSA) is 61.9 Å². The van der Waals surface area contributed by atoms with Crippen LogP contribution in [0.3, 0.4) is 0 Å². The lowest BCUT2D eigenvalue weighted by Gasteiger charge is -2.24. The van der Waals surface area contributed by atoms with Crippen molar-refractivity contribution in [2.75, 3.05) is 18.6 Å². The summed E-state index contributed by atoms with van der Waals surface area (Å²) in [6.45, 7) is 4.18. The zero-order chi connectivity index (χ0) is 13.8. The highest BCUT2D eigenvalue weighted by molar-refractivity contribution is 7.99. The van der Waals surface area contributed by atoms with Gasteiger partial charge < -0.3 is 4.90 Å². The van der Waals surface area contributed by atoms with Crippen molar-refractivity contribution in [3.05, 3.63) is 23.8 Å². The second kappa shape index (κ2) is 6.06. The van der Waals surface area contributed by atoms with Gasteiger partial charge in [0.05, 0.1) is 5.56 Å². The molecule has 0 spiro atoms. The molecule has 0 aliphatic rings. The Labute approximate surface area is 116 Å². The van der Waals surface area contributed by atoms with Gasteiger partial charge in [0, 0.05) is 18.8 Å². The van der Waals surface area contributed by atoms with Crippen LogP contribution in [0.5, 0.6) is 0 Å². The van der Waals surface area contributed by atoms with Gasteiger partial charge in [-0.1, -0.05) is 13.0 Å². The number of rotatable bonds is 5. The smallest absolute Gasteiger partial charge is 0.256 e. The third kappa shape index (κ3) is 2.89. The molecule has 6 heteroatoms. The Morgan fingerprint density at radius 1 is 1.47 bits per heavy atom. The van der Waals surface area contributed by atoms with Gasteiger partial charge in [0.1, 0.15) is 11.0 Å². The van der Waals surface area contributed by atoms with Crippen molar-refractivity contribution in [1.82, 2.24) is 20.3 Å².